The van der Waals surface area contributed by atoms with Crippen LogP contribution in [0.15, 0.2) is 53.5 Å². The van der Waals surface area contributed by atoms with Gasteiger partial charge in [0.15, 0.2) is 5.65 Å². The van der Waals surface area contributed by atoms with E-state index < -0.39 is 6.36 Å². The number of aromatic nitrogens is 5. The Morgan fingerprint density at radius 2 is 1.62 bits per heavy atom. The minimum absolute atomic E-state index is 0.153. The van der Waals surface area contributed by atoms with Gasteiger partial charge in [0.1, 0.15) is 12.4 Å². The van der Waals surface area contributed by atoms with Crippen molar-refractivity contribution >= 4 is 5.65 Å². The Hall–Kier alpha value is -3.89. The number of rotatable bonds is 6. The second-order valence-electron chi connectivity index (χ2n) is 7.01. The summed E-state index contributed by atoms with van der Waals surface area (Å²) < 4.78 is 49.0. The third-order valence-corrected chi connectivity index (χ3v) is 4.49. The largest absolute Gasteiger partial charge is 0.573 e. The van der Waals surface area contributed by atoms with E-state index in [-0.39, 0.29) is 30.6 Å². The molecule has 0 atom stereocenters. The predicted octanol–water partition coefficient (Wildman–Crippen LogP) is 3.55. The highest BCUT2D eigenvalue weighted by molar-refractivity contribution is 5.65. The van der Waals surface area contributed by atoms with Gasteiger partial charge in [-0.15, -0.1) is 18.3 Å². The number of alkyl halides is 3. The normalized spacial score (nSPS) is 11.7. The Kier molecular flexibility index (Phi) is 5.56. The summed E-state index contributed by atoms with van der Waals surface area (Å²) in [5.41, 5.74) is 2.88. The summed E-state index contributed by atoms with van der Waals surface area (Å²) in [6.07, 6.45) is -3.18. The van der Waals surface area contributed by atoms with Gasteiger partial charge in [-0.2, -0.15) is 0 Å². The van der Waals surface area contributed by atoms with Crippen molar-refractivity contribution < 1.29 is 22.6 Å². The number of hydrogen-bond acceptors (Lipinski definition) is 6. The minimum Gasteiger partial charge on any atom is -0.461 e. The van der Waals surface area contributed by atoms with E-state index in [4.69, 9.17) is 4.74 Å². The van der Waals surface area contributed by atoms with Gasteiger partial charge in [-0.1, -0.05) is 12.1 Å². The van der Waals surface area contributed by atoms with Gasteiger partial charge in [0.2, 0.25) is 0 Å². The minimum atomic E-state index is -4.75. The molecule has 0 unspecified atom stereocenters. The molecule has 4 rings (SSSR count). The summed E-state index contributed by atoms with van der Waals surface area (Å²) in [5, 5.41) is 4.27. The fourth-order valence-electron chi connectivity index (χ4n) is 3.17. The Balaban J connectivity index is 1.50. The van der Waals surface area contributed by atoms with Crippen LogP contribution in [-0.4, -0.2) is 37.1 Å². The SMILES string of the molecule is Cc1cc(C)nc(OCCn2nc3ccc(-c4ccc(OC(F)(F)F)cc4)cn3c2=O)n1. The molecule has 4 aromatic rings. The first-order valence-electron chi connectivity index (χ1n) is 9.58. The van der Waals surface area contributed by atoms with Crippen molar-refractivity contribution in [3.63, 3.8) is 0 Å². The molecule has 0 saturated carbocycles. The lowest BCUT2D eigenvalue weighted by atomic mass is 10.1. The molecule has 3 heterocycles. The Labute approximate surface area is 179 Å². The maximum absolute atomic E-state index is 12.7. The number of fused-ring (bicyclic) bond motifs is 1. The van der Waals surface area contributed by atoms with Crippen LogP contribution >= 0.6 is 0 Å². The first kappa shape index (κ1) is 21.3. The predicted molar refractivity (Wildman–Crippen MR) is 109 cm³/mol. The molecule has 0 radical (unpaired) electrons. The van der Waals surface area contributed by atoms with E-state index >= 15 is 0 Å². The summed E-state index contributed by atoms with van der Waals surface area (Å²) in [6.45, 7) is 4.02. The average Bonchev–Trinajstić information content (AvgIpc) is 3.02. The topological polar surface area (TPSA) is 83.5 Å². The molecule has 0 bridgehead atoms. The first-order chi connectivity index (χ1) is 15.2. The van der Waals surface area contributed by atoms with Gasteiger partial charge in [-0.25, -0.2) is 23.8 Å². The van der Waals surface area contributed by atoms with Crippen LogP contribution in [0.4, 0.5) is 13.2 Å². The molecule has 11 heteroatoms. The fraction of sp³-hybridized carbons (Fsp3) is 0.238. The first-order valence-corrected chi connectivity index (χ1v) is 9.58. The molecule has 0 saturated heterocycles. The number of hydrogen-bond donors (Lipinski definition) is 0. The molecule has 3 aromatic heterocycles. The molecular weight excluding hydrogens is 427 g/mol. The number of benzene rings is 1. The highest BCUT2D eigenvalue weighted by atomic mass is 19.4. The summed E-state index contributed by atoms with van der Waals surface area (Å²) in [4.78, 5) is 21.1. The van der Waals surface area contributed by atoms with Crippen LogP contribution < -0.4 is 15.2 Å². The average molecular weight is 445 g/mol. The highest BCUT2D eigenvalue weighted by Crippen LogP contribution is 2.26. The lowest BCUT2D eigenvalue weighted by Gasteiger charge is -2.09. The number of halogens is 3. The highest BCUT2D eigenvalue weighted by Gasteiger charge is 2.30. The zero-order valence-corrected chi connectivity index (χ0v) is 17.1. The van der Waals surface area contributed by atoms with E-state index in [1.54, 1.807) is 18.3 Å². The molecule has 0 N–H and O–H groups in total. The van der Waals surface area contributed by atoms with Gasteiger partial charge < -0.3 is 9.47 Å². The third-order valence-electron chi connectivity index (χ3n) is 4.49. The molecule has 1 aromatic carbocycles. The van der Waals surface area contributed by atoms with E-state index in [2.05, 4.69) is 19.8 Å². The maximum atomic E-state index is 12.7. The molecule has 0 aliphatic heterocycles. The molecule has 0 amide bonds. The monoisotopic (exact) mass is 445 g/mol. The molecule has 8 nitrogen and oxygen atoms in total. The van der Waals surface area contributed by atoms with Crippen LogP contribution in [0.1, 0.15) is 11.4 Å². The quantitative estimate of drug-likeness (QED) is 0.452. The number of ether oxygens (including phenoxy) is 2. The lowest BCUT2D eigenvalue weighted by molar-refractivity contribution is -0.274. The van der Waals surface area contributed by atoms with E-state index in [1.165, 1.54) is 33.3 Å². The summed E-state index contributed by atoms with van der Waals surface area (Å²) >= 11 is 0. The van der Waals surface area contributed by atoms with E-state index in [9.17, 15) is 18.0 Å². The van der Waals surface area contributed by atoms with Gasteiger partial charge in [-0.05, 0) is 55.3 Å². The fourth-order valence-corrected chi connectivity index (χ4v) is 3.17. The Morgan fingerprint density at radius 3 is 2.28 bits per heavy atom. The Bertz CT molecular complexity index is 1290. The number of nitrogens with zero attached hydrogens (tertiary/aromatic N) is 5. The van der Waals surface area contributed by atoms with Crippen LogP contribution in [0.3, 0.4) is 0 Å². The molecule has 0 fully saturated rings. The summed E-state index contributed by atoms with van der Waals surface area (Å²) in [7, 11) is 0. The van der Waals surface area contributed by atoms with Gasteiger partial charge >= 0.3 is 18.1 Å². The molecule has 0 aliphatic rings. The molecular formula is C21H18F3N5O3. The van der Waals surface area contributed by atoms with Gasteiger partial charge in [0.05, 0.1) is 6.54 Å². The number of aryl methyl sites for hydroxylation is 2. The third kappa shape index (κ3) is 4.88. The van der Waals surface area contributed by atoms with Gasteiger partial charge in [-0.3, -0.25) is 0 Å². The lowest BCUT2D eigenvalue weighted by Crippen LogP contribution is -2.24. The molecule has 0 aliphatic carbocycles. The van der Waals surface area contributed by atoms with Crippen molar-refractivity contribution in [2.45, 2.75) is 26.8 Å². The smallest absolute Gasteiger partial charge is 0.461 e. The van der Waals surface area contributed by atoms with E-state index in [1.807, 2.05) is 19.9 Å². The van der Waals surface area contributed by atoms with Crippen LogP contribution in [0.25, 0.3) is 16.8 Å². The van der Waals surface area contributed by atoms with Crippen molar-refractivity contribution in [2.24, 2.45) is 0 Å². The molecule has 166 valence electrons. The van der Waals surface area contributed by atoms with Crippen molar-refractivity contribution in [2.75, 3.05) is 6.61 Å². The summed E-state index contributed by atoms with van der Waals surface area (Å²) in [5.74, 6) is -0.319. The van der Waals surface area contributed by atoms with E-state index in [0.29, 0.717) is 16.8 Å². The van der Waals surface area contributed by atoms with Crippen LogP contribution in [0.2, 0.25) is 0 Å². The van der Waals surface area contributed by atoms with Gasteiger partial charge in [0.25, 0.3) is 0 Å². The van der Waals surface area contributed by atoms with Crippen molar-refractivity contribution in [3.05, 3.63) is 70.5 Å². The zero-order valence-electron chi connectivity index (χ0n) is 17.1. The Morgan fingerprint density at radius 1 is 0.969 bits per heavy atom. The second kappa shape index (κ2) is 8.33. The van der Waals surface area contributed by atoms with Crippen LogP contribution in [0.5, 0.6) is 11.8 Å². The standard InChI is InChI=1S/C21H18F3N5O3/c1-13-11-14(2)26-19(25-13)31-10-9-29-20(30)28-12-16(5-8-18(28)27-29)15-3-6-17(7-4-15)32-21(22,23)24/h3-8,11-12H,9-10H2,1-2H3. The van der Waals surface area contributed by atoms with Crippen molar-refractivity contribution in [1.82, 2.24) is 24.1 Å². The summed E-state index contributed by atoms with van der Waals surface area (Å²) in [6, 6.07) is 10.8. The molecule has 0 spiro atoms. The maximum Gasteiger partial charge on any atom is 0.573 e. The van der Waals surface area contributed by atoms with Crippen molar-refractivity contribution in [1.29, 1.82) is 0 Å². The van der Waals surface area contributed by atoms with E-state index in [0.717, 1.165) is 11.4 Å². The van der Waals surface area contributed by atoms with Crippen molar-refractivity contribution in [3.8, 4) is 22.9 Å². The number of pyridine rings is 1. The van der Waals surface area contributed by atoms with Crippen LogP contribution in [-0.2, 0) is 6.54 Å². The molecule has 32 heavy (non-hydrogen) atoms. The van der Waals surface area contributed by atoms with Crippen LogP contribution in [0, 0.1) is 13.8 Å². The zero-order chi connectivity index (χ0) is 22.9. The van der Waals surface area contributed by atoms with Gasteiger partial charge in [0, 0.05) is 17.6 Å². The second-order valence-corrected chi connectivity index (χ2v) is 7.01.